The SMILES string of the molecule is C[Si](C)(CCC1CC2C=CC1C2)OCC1CC2CCC1C2. The summed E-state index contributed by atoms with van der Waals surface area (Å²) in [6, 6.07) is 1.38. The van der Waals surface area contributed by atoms with E-state index < -0.39 is 8.32 Å². The highest BCUT2D eigenvalue weighted by Gasteiger charge is 2.41. The maximum atomic E-state index is 6.53. The molecule has 0 aromatic rings. The Hall–Kier alpha value is -0.0831. The summed E-state index contributed by atoms with van der Waals surface area (Å²) in [5, 5.41) is 0. The predicted molar refractivity (Wildman–Crippen MR) is 90.6 cm³/mol. The topological polar surface area (TPSA) is 9.23 Å². The van der Waals surface area contributed by atoms with E-state index >= 15 is 0 Å². The summed E-state index contributed by atoms with van der Waals surface area (Å²) in [4.78, 5) is 0. The molecule has 0 aliphatic heterocycles. The minimum Gasteiger partial charge on any atom is -0.417 e. The van der Waals surface area contributed by atoms with Crippen LogP contribution in [0.4, 0.5) is 0 Å². The molecule has 0 amide bonds. The Balaban J connectivity index is 1.22. The summed E-state index contributed by atoms with van der Waals surface area (Å²) in [6.45, 7) is 6.02. The first-order chi connectivity index (χ1) is 10.1. The minimum absolute atomic E-state index is 0.918. The lowest BCUT2D eigenvalue weighted by Crippen LogP contribution is -2.34. The van der Waals surface area contributed by atoms with Crippen LogP contribution < -0.4 is 0 Å². The second-order valence-corrected chi connectivity index (χ2v) is 13.4. The third-order valence-electron chi connectivity index (χ3n) is 7.11. The number of rotatable bonds is 6. The minimum atomic E-state index is -1.42. The summed E-state index contributed by atoms with van der Waals surface area (Å²) >= 11 is 0. The Kier molecular flexibility index (Phi) is 3.82. The molecule has 4 aliphatic rings. The van der Waals surface area contributed by atoms with Gasteiger partial charge in [0.1, 0.15) is 0 Å². The molecule has 21 heavy (non-hydrogen) atoms. The lowest BCUT2D eigenvalue weighted by molar-refractivity contribution is 0.187. The van der Waals surface area contributed by atoms with Gasteiger partial charge in [0, 0.05) is 6.61 Å². The Labute approximate surface area is 131 Å². The second kappa shape index (κ2) is 5.52. The number of allylic oxidation sites excluding steroid dienone is 2. The smallest absolute Gasteiger partial charge is 0.186 e. The van der Waals surface area contributed by atoms with Gasteiger partial charge in [-0.2, -0.15) is 0 Å². The van der Waals surface area contributed by atoms with Crippen molar-refractivity contribution in [1.29, 1.82) is 0 Å². The molecular formula is C19H32OSi. The highest BCUT2D eigenvalue weighted by atomic mass is 28.4. The van der Waals surface area contributed by atoms with Crippen molar-refractivity contribution in [3.05, 3.63) is 12.2 Å². The van der Waals surface area contributed by atoms with E-state index in [4.69, 9.17) is 4.43 Å². The van der Waals surface area contributed by atoms with Crippen LogP contribution in [0.2, 0.25) is 19.1 Å². The van der Waals surface area contributed by atoms with Crippen LogP contribution in [0.1, 0.15) is 44.9 Å². The molecule has 3 saturated carbocycles. The third kappa shape index (κ3) is 3.03. The Morgan fingerprint density at radius 1 is 1.00 bits per heavy atom. The molecule has 118 valence electrons. The summed E-state index contributed by atoms with van der Waals surface area (Å²) in [7, 11) is -1.42. The fourth-order valence-electron chi connectivity index (χ4n) is 5.74. The van der Waals surface area contributed by atoms with Gasteiger partial charge in [-0.3, -0.25) is 0 Å². The second-order valence-electron chi connectivity index (χ2n) is 9.08. The molecule has 1 nitrogen and oxygen atoms in total. The fourth-order valence-corrected chi connectivity index (χ4v) is 7.62. The van der Waals surface area contributed by atoms with Crippen molar-refractivity contribution < 1.29 is 4.43 Å². The average molecular weight is 305 g/mol. The number of hydrogen-bond acceptors (Lipinski definition) is 1. The maximum Gasteiger partial charge on any atom is 0.186 e. The van der Waals surface area contributed by atoms with Crippen molar-refractivity contribution in [3.8, 4) is 0 Å². The highest BCUT2D eigenvalue weighted by molar-refractivity contribution is 6.71. The molecule has 3 fully saturated rings. The maximum absolute atomic E-state index is 6.53. The van der Waals surface area contributed by atoms with Gasteiger partial charge in [0.2, 0.25) is 0 Å². The molecule has 4 aliphatic carbocycles. The van der Waals surface area contributed by atoms with E-state index in [9.17, 15) is 0 Å². The van der Waals surface area contributed by atoms with Gasteiger partial charge in [0.05, 0.1) is 0 Å². The molecule has 4 bridgehead atoms. The van der Waals surface area contributed by atoms with Gasteiger partial charge in [0.25, 0.3) is 0 Å². The van der Waals surface area contributed by atoms with Crippen molar-refractivity contribution in [2.75, 3.05) is 6.61 Å². The van der Waals surface area contributed by atoms with E-state index in [1.54, 1.807) is 0 Å². The number of hydrogen-bond donors (Lipinski definition) is 0. The van der Waals surface area contributed by atoms with Gasteiger partial charge in [-0.25, -0.2) is 0 Å². The lowest BCUT2D eigenvalue weighted by Gasteiger charge is -2.30. The first-order valence-electron chi connectivity index (χ1n) is 9.41. The van der Waals surface area contributed by atoms with Crippen molar-refractivity contribution in [1.82, 2.24) is 0 Å². The van der Waals surface area contributed by atoms with E-state index in [0.29, 0.717) is 0 Å². The van der Waals surface area contributed by atoms with Crippen LogP contribution >= 0.6 is 0 Å². The Bertz CT molecular complexity index is 416. The third-order valence-corrected chi connectivity index (χ3v) is 9.55. The molecule has 0 N–H and O–H groups in total. The van der Waals surface area contributed by atoms with Crippen LogP contribution in [-0.2, 0) is 4.43 Å². The molecule has 4 rings (SSSR count). The van der Waals surface area contributed by atoms with Crippen LogP contribution in [0, 0.1) is 35.5 Å². The zero-order valence-corrected chi connectivity index (χ0v) is 14.9. The lowest BCUT2D eigenvalue weighted by atomic mass is 9.90. The molecule has 6 atom stereocenters. The molecular weight excluding hydrogens is 272 g/mol. The van der Waals surface area contributed by atoms with Crippen molar-refractivity contribution >= 4 is 8.32 Å². The Morgan fingerprint density at radius 3 is 2.52 bits per heavy atom. The fraction of sp³-hybridized carbons (Fsp3) is 0.895. The molecule has 0 aromatic carbocycles. The predicted octanol–water partition coefficient (Wildman–Crippen LogP) is 5.25. The molecule has 0 saturated heterocycles. The molecule has 6 unspecified atom stereocenters. The molecule has 0 spiro atoms. The van der Waals surface area contributed by atoms with E-state index in [1.165, 1.54) is 51.0 Å². The van der Waals surface area contributed by atoms with Crippen LogP contribution in [0.25, 0.3) is 0 Å². The van der Waals surface area contributed by atoms with E-state index in [1.807, 2.05) is 0 Å². The zero-order valence-electron chi connectivity index (χ0n) is 13.9. The normalized spacial score (nSPS) is 44.1. The Morgan fingerprint density at radius 2 is 1.90 bits per heavy atom. The average Bonchev–Trinajstić information content (AvgIpc) is 3.22. The van der Waals surface area contributed by atoms with Crippen molar-refractivity contribution in [2.45, 2.75) is 64.1 Å². The zero-order chi connectivity index (χ0) is 14.4. The molecule has 2 heteroatoms. The summed E-state index contributed by atoms with van der Waals surface area (Å²) < 4.78 is 6.53. The number of fused-ring (bicyclic) bond motifs is 4. The summed E-state index contributed by atoms with van der Waals surface area (Å²) in [5.74, 6) is 5.84. The van der Waals surface area contributed by atoms with E-state index in [0.717, 1.165) is 42.1 Å². The standard InChI is InChI=1S/C19H32OSi/c1-21(2,8-7-18-11-14-3-5-16(18)9-14)20-13-19-12-15-4-6-17(19)10-15/h3,5,14-19H,4,6-13H2,1-2H3. The summed E-state index contributed by atoms with van der Waals surface area (Å²) in [6.07, 6.45) is 15.3. The monoisotopic (exact) mass is 304 g/mol. The van der Waals surface area contributed by atoms with Gasteiger partial charge >= 0.3 is 0 Å². The first kappa shape index (κ1) is 14.5. The van der Waals surface area contributed by atoms with Gasteiger partial charge in [-0.05, 0) is 86.7 Å². The van der Waals surface area contributed by atoms with Crippen molar-refractivity contribution in [3.63, 3.8) is 0 Å². The molecule has 0 heterocycles. The van der Waals surface area contributed by atoms with Gasteiger partial charge < -0.3 is 4.43 Å². The van der Waals surface area contributed by atoms with Crippen LogP contribution in [0.15, 0.2) is 12.2 Å². The largest absolute Gasteiger partial charge is 0.417 e. The van der Waals surface area contributed by atoms with E-state index in [-0.39, 0.29) is 0 Å². The van der Waals surface area contributed by atoms with Gasteiger partial charge in [-0.1, -0.05) is 25.0 Å². The van der Waals surface area contributed by atoms with Crippen molar-refractivity contribution in [2.24, 2.45) is 35.5 Å². The quantitative estimate of drug-likeness (QED) is 0.481. The molecule has 0 aromatic heterocycles. The van der Waals surface area contributed by atoms with Crippen LogP contribution in [0.3, 0.4) is 0 Å². The van der Waals surface area contributed by atoms with Crippen LogP contribution in [0.5, 0.6) is 0 Å². The first-order valence-corrected chi connectivity index (χ1v) is 12.5. The van der Waals surface area contributed by atoms with Gasteiger partial charge in [0.15, 0.2) is 8.32 Å². The highest BCUT2D eigenvalue weighted by Crippen LogP contribution is 2.49. The van der Waals surface area contributed by atoms with Gasteiger partial charge in [-0.15, -0.1) is 0 Å². The van der Waals surface area contributed by atoms with Crippen LogP contribution in [-0.4, -0.2) is 14.9 Å². The summed E-state index contributed by atoms with van der Waals surface area (Å²) in [5.41, 5.74) is 0. The molecule has 0 radical (unpaired) electrons. The van der Waals surface area contributed by atoms with E-state index in [2.05, 4.69) is 25.2 Å².